The van der Waals surface area contributed by atoms with Crippen molar-refractivity contribution in [1.82, 2.24) is 15.1 Å². The van der Waals surface area contributed by atoms with Crippen LogP contribution in [0, 0.1) is 5.92 Å². The van der Waals surface area contributed by atoms with E-state index in [1.165, 1.54) is 22.6 Å². The summed E-state index contributed by atoms with van der Waals surface area (Å²) in [5.74, 6) is 0.232. The number of carbonyl (C=O) groups excluding carboxylic acids is 3. The van der Waals surface area contributed by atoms with Crippen LogP contribution in [-0.2, 0) is 15.1 Å². The number of rotatable bonds is 5. The van der Waals surface area contributed by atoms with Crippen LogP contribution < -0.4 is 10.2 Å². The number of piperidine rings is 1. The van der Waals surface area contributed by atoms with Gasteiger partial charge in [0.15, 0.2) is 6.67 Å². The number of imide groups is 1. The van der Waals surface area contributed by atoms with Gasteiger partial charge < -0.3 is 15.1 Å². The molecule has 0 unspecified atom stereocenters. The highest BCUT2D eigenvalue weighted by Gasteiger charge is 2.52. The maximum atomic E-state index is 13.3. The molecule has 3 heterocycles. The van der Waals surface area contributed by atoms with Crippen molar-refractivity contribution >= 4 is 17.8 Å². The number of likely N-dealkylation sites (tertiary alicyclic amines) is 2. The van der Waals surface area contributed by atoms with E-state index in [-0.39, 0.29) is 17.9 Å². The molecule has 0 aromatic heterocycles. The van der Waals surface area contributed by atoms with Crippen molar-refractivity contribution < 1.29 is 19.3 Å². The molecule has 0 spiro atoms. The molecule has 3 saturated heterocycles. The van der Waals surface area contributed by atoms with Crippen molar-refractivity contribution in [3.63, 3.8) is 0 Å². The number of carbonyl (C=O) groups is 3. The van der Waals surface area contributed by atoms with Gasteiger partial charge >= 0.3 is 6.03 Å². The lowest BCUT2D eigenvalue weighted by Gasteiger charge is -2.33. The predicted molar refractivity (Wildman–Crippen MR) is 117 cm³/mol. The maximum absolute atomic E-state index is 13.3. The molecule has 7 heteroatoms. The van der Waals surface area contributed by atoms with E-state index in [9.17, 15) is 14.4 Å². The van der Waals surface area contributed by atoms with Crippen molar-refractivity contribution in [3.05, 3.63) is 35.9 Å². The van der Waals surface area contributed by atoms with Gasteiger partial charge in [-0.2, -0.15) is 0 Å². The van der Waals surface area contributed by atoms with Crippen LogP contribution in [0.3, 0.4) is 0 Å². The summed E-state index contributed by atoms with van der Waals surface area (Å²) in [5.41, 5.74) is -0.145. The fourth-order valence-corrected chi connectivity index (χ4v) is 5.34. The van der Waals surface area contributed by atoms with Crippen LogP contribution in [0.15, 0.2) is 30.3 Å². The Kier molecular flexibility index (Phi) is 6.60. The zero-order chi connectivity index (χ0) is 21.8. The SMILES string of the molecule is CC[C@@]1(c2ccccc2)NC(=O)N(C[NH+]2CCC(C(=O)N3CCCCCC3)CC2)C1=O. The molecule has 0 radical (unpaired) electrons. The summed E-state index contributed by atoms with van der Waals surface area (Å²) in [7, 11) is 0. The molecule has 0 bridgehead atoms. The van der Waals surface area contributed by atoms with Crippen LogP contribution in [0.5, 0.6) is 0 Å². The van der Waals surface area contributed by atoms with Crippen molar-refractivity contribution in [2.75, 3.05) is 32.8 Å². The number of hydrogen-bond donors (Lipinski definition) is 2. The highest BCUT2D eigenvalue weighted by atomic mass is 16.2. The molecule has 0 aliphatic carbocycles. The average Bonchev–Trinajstić information content (AvgIpc) is 2.99. The molecule has 7 nitrogen and oxygen atoms in total. The first-order valence-corrected chi connectivity index (χ1v) is 11.9. The summed E-state index contributed by atoms with van der Waals surface area (Å²) < 4.78 is 0. The van der Waals surface area contributed by atoms with Crippen molar-refractivity contribution in [1.29, 1.82) is 0 Å². The van der Waals surface area contributed by atoms with E-state index in [0.717, 1.165) is 57.4 Å². The third kappa shape index (κ3) is 4.33. The van der Waals surface area contributed by atoms with Crippen LogP contribution in [0.2, 0.25) is 0 Å². The Morgan fingerprint density at radius 1 is 1.06 bits per heavy atom. The van der Waals surface area contributed by atoms with Gasteiger partial charge in [-0.3, -0.25) is 9.59 Å². The second kappa shape index (κ2) is 9.39. The van der Waals surface area contributed by atoms with E-state index in [1.54, 1.807) is 0 Å². The minimum atomic E-state index is -0.973. The molecule has 1 atom stereocenters. The first-order chi connectivity index (χ1) is 15.0. The zero-order valence-corrected chi connectivity index (χ0v) is 18.6. The second-order valence-corrected chi connectivity index (χ2v) is 9.21. The number of nitrogens with zero attached hydrogens (tertiary/aromatic N) is 2. The largest absolute Gasteiger partial charge is 0.342 e. The third-order valence-electron chi connectivity index (χ3n) is 7.31. The average molecular weight is 428 g/mol. The number of urea groups is 1. The Hall–Kier alpha value is -2.41. The molecular formula is C24H35N4O3+. The van der Waals surface area contributed by atoms with E-state index < -0.39 is 5.54 Å². The Morgan fingerprint density at radius 3 is 2.32 bits per heavy atom. The molecule has 2 N–H and O–H groups in total. The number of amides is 4. The summed E-state index contributed by atoms with van der Waals surface area (Å²) >= 11 is 0. The molecule has 3 aliphatic rings. The smallest absolute Gasteiger partial charge is 0.329 e. The molecular weight excluding hydrogens is 392 g/mol. The van der Waals surface area contributed by atoms with Gasteiger partial charge in [0.2, 0.25) is 5.91 Å². The molecule has 1 aromatic carbocycles. The van der Waals surface area contributed by atoms with Gasteiger partial charge in [-0.15, -0.1) is 0 Å². The van der Waals surface area contributed by atoms with E-state index in [0.29, 0.717) is 19.0 Å². The summed E-state index contributed by atoms with van der Waals surface area (Å²) in [4.78, 5) is 43.6. The Morgan fingerprint density at radius 2 is 1.71 bits per heavy atom. The molecule has 1 aromatic rings. The first-order valence-electron chi connectivity index (χ1n) is 11.9. The standard InChI is InChI=1S/C24H34N4O3/c1-2-24(20-10-6-5-7-11-20)22(30)28(23(31)25-24)18-26-16-12-19(13-17-26)21(29)27-14-8-3-4-9-15-27/h5-7,10-11,19H,2-4,8-9,12-18H2,1H3,(H,25,31)/p+1/t24-/m0/s1. The molecule has 168 valence electrons. The van der Waals surface area contributed by atoms with Gasteiger partial charge in [-0.05, 0) is 24.8 Å². The van der Waals surface area contributed by atoms with Crippen LogP contribution >= 0.6 is 0 Å². The lowest BCUT2D eigenvalue weighted by Crippen LogP contribution is -3.14. The highest BCUT2D eigenvalue weighted by Crippen LogP contribution is 2.31. The van der Waals surface area contributed by atoms with Gasteiger partial charge in [-0.1, -0.05) is 50.1 Å². The van der Waals surface area contributed by atoms with E-state index >= 15 is 0 Å². The summed E-state index contributed by atoms with van der Waals surface area (Å²) in [5, 5.41) is 2.96. The second-order valence-electron chi connectivity index (χ2n) is 9.21. The summed E-state index contributed by atoms with van der Waals surface area (Å²) in [6.45, 7) is 5.71. The molecule has 4 amide bonds. The van der Waals surface area contributed by atoms with E-state index in [2.05, 4.69) is 10.2 Å². The first kappa shape index (κ1) is 21.8. The molecule has 0 saturated carbocycles. The molecule has 4 rings (SSSR count). The third-order valence-corrected chi connectivity index (χ3v) is 7.31. The molecule has 3 fully saturated rings. The fourth-order valence-electron chi connectivity index (χ4n) is 5.34. The minimum absolute atomic E-state index is 0.0870. The number of quaternary nitrogens is 1. The lowest BCUT2D eigenvalue weighted by molar-refractivity contribution is -0.912. The number of benzene rings is 1. The highest BCUT2D eigenvalue weighted by molar-refractivity contribution is 6.07. The monoisotopic (exact) mass is 427 g/mol. The quantitative estimate of drug-likeness (QED) is 0.700. The number of hydrogen-bond acceptors (Lipinski definition) is 3. The van der Waals surface area contributed by atoms with E-state index in [4.69, 9.17) is 0 Å². The lowest BCUT2D eigenvalue weighted by atomic mass is 9.87. The van der Waals surface area contributed by atoms with Crippen molar-refractivity contribution in [2.45, 2.75) is 57.4 Å². The molecule has 3 aliphatic heterocycles. The van der Waals surface area contributed by atoms with Gasteiger partial charge in [0.25, 0.3) is 5.91 Å². The van der Waals surface area contributed by atoms with Crippen LogP contribution in [0.1, 0.15) is 57.4 Å². The van der Waals surface area contributed by atoms with Crippen LogP contribution in [-0.4, -0.2) is 60.5 Å². The van der Waals surface area contributed by atoms with Gasteiger partial charge in [0.05, 0.1) is 13.1 Å². The normalized spacial score (nSPS) is 29.6. The Labute approximate surface area is 184 Å². The van der Waals surface area contributed by atoms with Crippen molar-refractivity contribution in [3.8, 4) is 0 Å². The summed E-state index contributed by atoms with van der Waals surface area (Å²) in [6, 6.07) is 9.19. The maximum Gasteiger partial charge on any atom is 0.329 e. The van der Waals surface area contributed by atoms with Crippen LogP contribution in [0.25, 0.3) is 0 Å². The van der Waals surface area contributed by atoms with Gasteiger partial charge in [0.1, 0.15) is 5.54 Å². The topological polar surface area (TPSA) is 74.2 Å². The fraction of sp³-hybridized carbons (Fsp3) is 0.625. The Bertz CT molecular complexity index is 798. The van der Waals surface area contributed by atoms with Gasteiger partial charge in [0, 0.05) is 31.8 Å². The molecule has 31 heavy (non-hydrogen) atoms. The van der Waals surface area contributed by atoms with E-state index in [1.807, 2.05) is 37.3 Å². The van der Waals surface area contributed by atoms with Crippen molar-refractivity contribution in [2.24, 2.45) is 5.92 Å². The summed E-state index contributed by atoms with van der Waals surface area (Å²) in [6.07, 6.45) is 6.84. The number of nitrogens with one attached hydrogen (secondary N) is 2. The minimum Gasteiger partial charge on any atom is -0.342 e. The zero-order valence-electron chi connectivity index (χ0n) is 18.6. The van der Waals surface area contributed by atoms with Gasteiger partial charge in [-0.25, -0.2) is 9.69 Å². The van der Waals surface area contributed by atoms with Crippen LogP contribution in [0.4, 0.5) is 4.79 Å². The Balaban J connectivity index is 1.36. The predicted octanol–water partition coefficient (Wildman–Crippen LogP) is 1.50.